The number of aromatic nitrogens is 5. The predicted octanol–water partition coefficient (Wildman–Crippen LogP) is 2.85. The van der Waals surface area contributed by atoms with E-state index in [-0.39, 0.29) is 17.1 Å². The van der Waals surface area contributed by atoms with E-state index in [9.17, 15) is 14.4 Å². The molecule has 0 saturated heterocycles. The number of carbonyl (C=O) groups excluding carboxylic acids is 1. The summed E-state index contributed by atoms with van der Waals surface area (Å²) in [6.07, 6.45) is 0. The first-order valence-corrected chi connectivity index (χ1v) is 11.5. The molecule has 0 unspecified atom stereocenters. The van der Waals surface area contributed by atoms with E-state index >= 15 is 0 Å². The molecule has 0 atom stereocenters. The van der Waals surface area contributed by atoms with Crippen molar-refractivity contribution in [3.8, 4) is 17.1 Å². The molecule has 0 fully saturated rings. The van der Waals surface area contributed by atoms with Crippen LogP contribution in [0.5, 0.6) is 0 Å². The molecule has 0 bridgehead atoms. The fraction of sp³-hybridized carbons (Fsp3) is 0.174. The first-order chi connectivity index (χ1) is 16.2. The van der Waals surface area contributed by atoms with Crippen molar-refractivity contribution in [2.24, 2.45) is 14.1 Å². The monoisotopic (exact) mass is 496 g/mol. The van der Waals surface area contributed by atoms with Crippen LogP contribution in [0.3, 0.4) is 0 Å². The summed E-state index contributed by atoms with van der Waals surface area (Å²) in [6.45, 7) is 1.98. The maximum Gasteiger partial charge on any atom is 0.332 e. The lowest BCUT2D eigenvalue weighted by Gasteiger charge is -2.12. The Kier molecular flexibility index (Phi) is 6.45. The van der Waals surface area contributed by atoms with Crippen LogP contribution in [0.15, 0.2) is 63.3 Å². The van der Waals surface area contributed by atoms with Gasteiger partial charge in [-0.25, -0.2) is 4.79 Å². The van der Waals surface area contributed by atoms with Crippen LogP contribution in [0.1, 0.15) is 15.9 Å². The molecule has 4 aromatic rings. The van der Waals surface area contributed by atoms with E-state index in [0.29, 0.717) is 16.0 Å². The van der Waals surface area contributed by atoms with Crippen LogP contribution in [0, 0.1) is 6.92 Å². The number of rotatable bonds is 6. The molecule has 2 aromatic heterocycles. The van der Waals surface area contributed by atoms with Gasteiger partial charge in [-0.3, -0.25) is 23.3 Å². The highest BCUT2D eigenvalue weighted by Crippen LogP contribution is 2.29. The van der Waals surface area contributed by atoms with E-state index in [2.05, 4.69) is 10.2 Å². The zero-order valence-corrected chi connectivity index (χ0v) is 20.2. The Balaban J connectivity index is 1.74. The molecule has 0 amide bonds. The molecule has 2 heterocycles. The number of carbonyl (C=O) groups is 1. The number of nitrogens with two attached hydrogens (primary N) is 1. The minimum atomic E-state index is -0.729. The molecule has 174 valence electrons. The number of aryl methyl sites for hydroxylation is 1. The van der Waals surface area contributed by atoms with Crippen molar-refractivity contribution >= 4 is 35.0 Å². The highest BCUT2D eigenvalue weighted by molar-refractivity contribution is 7.99. The van der Waals surface area contributed by atoms with Crippen molar-refractivity contribution in [2.75, 3.05) is 11.5 Å². The normalized spacial score (nSPS) is 11.1. The third-order valence-electron chi connectivity index (χ3n) is 5.32. The minimum absolute atomic E-state index is 0.123. The minimum Gasteiger partial charge on any atom is -0.384 e. The molecule has 0 aliphatic rings. The molecule has 4 rings (SSSR count). The molecule has 0 aliphatic heterocycles. The van der Waals surface area contributed by atoms with Crippen molar-refractivity contribution in [1.82, 2.24) is 23.9 Å². The summed E-state index contributed by atoms with van der Waals surface area (Å²) in [5.41, 5.74) is 7.04. The van der Waals surface area contributed by atoms with Crippen LogP contribution < -0.4 is 17.0 Å². The quantitative estimate of drug-likeness (QED) is 0.322. The maximum absolute atomic E-state index is 13.0. The molecule has 0 spiro atoms. The lowest BCUT2D eigenvalue weighted by atomic mass is 10.2. The van der Waals surface area contributed by atoms with E-state index in [4.69, 9.17) is 17.3 Å². The van der Waals surface area contributed by atoms with Gasteiger partial charge in [-0.15, -0.1) is 10.2 Å². The summed E-state index contributed by atoms with van der Waals surface area (Å²) in [7, 11) is 2.72. The number of halogens is 1. The summed E-state index contributed by atoms with van der Waals surface area (Å²) < 4.78 is 3.78. The van der Waals surface area contributed by atoms with Crippen LogP contribution in [0.4, 0.5) is 5.82 Å². The van der Waals surface area contributed by atoms with Crippen molar-refractivity contribution in [2.45, 2.75) is 12.1 Å². The molecule has 0 aliphatic carbocycles. The van der Waals surface area contributed by atoms with Crippen molar-refractivity contribution in [3.63, 3.8) is 0 Å². The molecule has 11 heteroatoms. The number of hydrogen-bond donors (Lipinski definition) is 1. The van der Waals surface area contributed by atoms with E-state index in [0.717, 1.165) is 37.7 Å². The zero-order chi connectivity index (χ0) is 24.6. The van der Waals surface area contributed by atoms with E-state index in [1.807, 2.05) is 47.9 Å². The number of benzene rings is 2. The molecule has 0 saturated carbocycles. The number of hydrogen-bond acceptors (Lipinski definition) is 7. The lowest BCUT2D eigenvalue weighted by Crippen LogP contribution is -2.41. The molecule has 2 N–H and O–H groups in total. The Bertz CT molecular complexity index is 1520. The topological polar surface area (TPSA) is 118 Å². The van der Waals surface area contributed by atoms with Gasteiger partial charge in [-0.05, 0) is 48.9 Å². The smallest absolute Gasteiger partial charge is 0.332 e. The Morgan fingerprint density at radius 3 is 2.44 bits per heavy atom. The van der Waals surface area contributed by atoms with Crippen LogP contribution in [0.25, 0.3) is 17.1 Å². The Labute approximate surface area is 203 Å². The van der Waals surface area contributed by atoms with Crippen molar-refractivity contribution in [3.05, 3.63) is 85.5 Å². The molecule has 9 nitrogen and oxygen atoms in total. The van der Waals surface area contributed by atoms with Gasteiger partial charge in [0.05, 0.1) is 5.75 Å². The number of anilines is 1. The summed E-state index contributed by atoms with van der Waals surface area (Å²) in [6, 6.07) is 15.0. The van der Waals surface area contributed by atoms with Gasteiger partial charge < -0.3 is 5.73 Å². The number of thioether (sulfide) groups is 1. The number of Topliss-reactive ketones (excluding diaryl/α,β-unsaturated/α-hetero) is 1. The third-order valence-corrected chi connectivity index (χ3v) is 6.50. The first-order valence-electron chi connectivity index (χ1n) is 10.2. The van der Waals surface area contributed by atoms with Crippen LogP contribution in [-0.2, 0) is 14.1 Å². The van der Waals surface area contributed by atoms with Gasteiger partial charge in [0.15, 0.2) is 16.8 Å². The Morgan fingerprint density at radius 2 is 1.76 bits per heavy atom. The van der Waals surface area contributed by atoms with Crippen molar-refractivity contribution < 1.29 is 4.79 Å². The standard InChI is InChI=1S/C23H21ClN6O3S/c1-13-5-4-6-16(11-13)30-20(14-7-9-15(24)10-8-14)26-27-22(30)34-12-17(31)18-19(25)28(2)23(33)29(3)21(18)32/h4-11H,12,25H2,1-3H3. The summed E-state index contributed by atoms with van der Waals surface area (Å²) in [4.78, 5) is 37.6. The summed E-state index contributed by atoms with van der Waals surface area (Å²) >= 11 is 7.16. The fourth-order valence-corrected chi connectivity index (χ4v) is 4.42. The fourth-order valence-electron chi connectivity index (χ4n) is 3.47. The van der Waals surface area contributed by atoms with Gasteiger partial charge in [-0.2, -0.15) is 0 Å². The Hall–Kier alpha value is -3.63. The number of ketones is 1. The highest BCUT2D eigenvalue weighted by Gasteiger charge is 2.22. The second kappa shape index (κ2) is 9.32. The largest absolute Gasteiger partial charge is 0.384 e. The lowest BCUT2D eigenvalue weighted by molar-refractivity contribution is 0.102. The Morgan fingerprint density at radius 1 is 1.06 bits per heavy atom. The molecule has 2 aromatic carbocycles. The molecule has 0 radical (unpaired) electrons. The van der Waals surface area contributed by atoms with Gasteiger partial charge in [0.2, 0.25) is 0 Å². The average molecular weight is 497 g/mol. The van der Waals surface area contributed by atoms with E-state index in [1.165, 1.54) is 14.1 Å². The highest BCUT2D eigenvalue weighted by atomic mass is 35.5. The van der Waals surface area contributed by atoms with Crippen LogP contribution in [0.2, 0.25) is 5.02 Å². The van der Waals surface area contributed by atoms with Gasteiger partial charge in [0.1, 0.15) is 11.4 Å². The van der Waals surface area contributed by atoms with E-state index < -0.39 is 17.0 Å². The van der Waals surface area contributed by atoms with E-state index in [1.54, 1.807) is 12.1 Å². The number of nitrogens with zero attached hydrogens (tertiary/aromatic N) is 5. The predicted molar refractivity (Wildman–Crippen MR) is 133 cm³/mol. The SMILES string of the molecule is Cc1cccc(-n2c(SCC(=O)c3c(N)n(C)c(=O)n(C)c3=O)nnc2-c2ccc(Cl)cc2)c1. The second-order valence-electron chi connectivity index (χ2n) is 7.67. The maximum atomic E-state index is 13.0. The molecular formula is C23H21ClN6O3S. The summed E-state index contributed by atoms with van der Waals surface area (Å²) in [5, 5.41) is 9.71. The van der Waals surface area contributed by atoms with Gasteiger partial charge in [0.25, 0.3) is 5.56 Å². The number of nitrogen functional groups attached to an aromatic ring is 1. The molecular weight excluding hydrogens is 476 g/mol. The van der Waals surface area contributed by atoms with Crippen LogP contribution in [-0.4, -0.2) is 35.4 Å². The average Bonchev–Trinajstić information content (AvgIpc) is 3.24. The van der Waals surface area contributed by atoms with Crippen molar-refractivity contribution in [1.29, 1.82) is 0 Å². The summed E-state index contributed by atoms with van der Waals surface area (Å²) in [5.74, 6) is -0.219. The van der Waals surface area contributed by atoms with Gasteiger partial charge in [0, 0.05) is 30.4 Å². The molecule has 34 heavy (non-hydrogen) atoms. The zero-order valence-electron chi connectivity index (χ0n) is 18.7. The second-order valence-corrected chi connectivity index (χ2v) is 9.04. The third kappa shape index (κ3) is 4.29. The van der Waals surface area contributed by atoms with Gasteiger partial charge >= 0.3 is 5.69 Å². The van der Waals surface area contributed by atoms with Crippen LogP contribution >= 0.6 is 23.4 Å². The van der Waals surface area contributed by atoms with Gasteiger partial charge in [-0.1, -0.05) is 35.5 Å². The first kappa shape index (κ1) is 23.5.